The highest BCUT2D eigenvalue weighted by Gasteiger charge is 2.15. The molecule has 7 heteroatoms. The van der Waals surface area contributed by atoms with Crippen LogP contribution in [0.2, 0.25) is 0 Å². The Morgan fingerprint density at radius 3 is 2.78 bits per heavy atom. The number of nitrogens with zero attached hydrogens (tertiary/aromatic N) is 2. The highest BCUT2D eigenvalue weighted by atomic mass is 16.5. The number of hydrogen-bond acceptors (Lipinski definition) is 5. The molecule has 2 rings (SSSR count). The average Bonchev–Trinajstić information content (AvgIpc) is 2.56. The van der Waals surface area contributed by atoms with Crippen molar-refractivity contribution >= 4 is 5.91 Å². The van der Waals surface area contributed by atoms with Crippen LogP contribution in [0.5, 0.6) is 11.5 Å². The van der Waals surface area contributed by atoms with E-state index in [0.717, 1.165) is 5.56 Å². The van der Waals surface area contributed by atoms with Crippen molar-refractivity contribution in [2.75, 3.05) is 14.2 Å². The van der Waals surface area contributed by atoms with E-state index in [1.54, 1.807) is 32.4 Å². The van der Waals surface area contributed by atoms with Gasteiger partial charge in [0.25, 0.3) is 0 Å². The summed E-state index contributed by atoms with van der Waals surface area (Å²) < 4.78 is 11.7. The van der Waals surface area contributed by atoms with Crippen molar-refractivity contribution in [1.82, 2.24) is 14.9 Å². The van der Waals surface area contributed by atoms with Gasteiger partial charge in [0, 0.05) is 24.0 Å². The molecule has 1 N–H and O–H groups in total. The van der Waals surface area contributed by atoms with E-state index in [4.69, 9.17) is 9.47 Å². The summed E-state index contributed by atoms with van der Waals surface area (Å²) in [7, 11) is 3.13. The molecule has 1 atom stereocenters. The van der Waals surface area contributed by atoms with Gasteiger partial charge in [-0.2, -0.15) is 0 Å². The Morgan fingerprint density at radius 2 is 2.13 bits per heavy atom. The zero-order valence-electron chi connectivity index (χ0n) is 13.3. The second-order valence-corrected chi connectivity index (χ2v) is 4.93. The lowest BCUT2D eigenvalue weighted by atomic mass is 10.1. The number of carbonyl (C=O) groups excluding carboxylic acids is 1. The molecule has 122 valence electrons. The lowest BCUT2D eigenvalue weighted by Crippen LogP contribution is -2.34. The number of benzene rings is 1. The minimum absolute atomic E-state index is 0.0878. The zero-order chi connectivity index (χ0) is 16.8. The predicted octanol–water partition coefficient (Wildman–Crippen LogP) is 1.14. The lowest BCUT2D eigenvalue weighted by Gasteiger charge is -2.18. The van der Waals surface area contributed by atoms with Crippen LogP contribution in [0.4, 0.5) is 0 Å². The fourth-order valence-corrected chi connectivity index (χ4v) is 2.20. The summed E-state index contributed by atoms with van der Waals surface area (Å²) in [5.41, 5.74) is 0.359. The Kier molecular flexibility index (Phi) is 5.35. The Hall–Kier alpha value is -2.83. The average molecular weight is 317 g/mol. The fraction of sp³-hybridized carbons (Fsp3) is 0.312. The highest BCUT2D eigenvalue weighted by molar-refractivity contribution is 5.76. The number of aromatic nitrogens is 2. The number of rotatable bonds is 6. The summed E-state index contributed by atoms with van der Waals surface area (Å²) in [5, 5.41) is 2.84. The molecule has 2 aromatic rings. The molecule has 0 saturated heterocycles. The summed E-state index contributed by atoms with van der Waals surface area (Å²) in [4.78, 5) is 27.2. The number of methoxy groups -OCH3 is 2. The molecule has 0 radical (unpaired) electrons. The van der Waals surface area contributed by atoms with Crippen LogP contribution in [-0.4, -0.2) is 29.7 Å². The molecule has 0 spiro atoms. The van der Waals surface area contributed by atoms with Crippen LogP contribution < -0.4 is 20.5 Å². The van der Waals surface area contributed by atoms with Crippen LogP contribution in [0.3, 0.4) is 0 Å². The second kappa shape index (κ2) is 7.44. The number of hydrogen-bond donors (Lipinski definition) is 1. The third-order valence-electron chi connectivity index (χ3n) is 3.38. The van der Waals surface area contributed by atoms with Crippen LogP contribution in [0.25, 0.3) is 0 Å². The molecule has 0 aliphatic heterocycles. The molecule has 0 unspecified atom stereocenters. The summed E-state index contributed by atoms with van der Waals surface area (Å²) >= 11 is 0. The molecule has 0 aliphatic carbocycles. The number of nitrogens with one attached hydrogen (secondary N) is 1. The standard InChI is InChI=1S/C16H19N3O4/c1-11(13-6-5-12(22-2)9-14(13)23-3)18-15(20)10-19-8-4-7-17-16(19)21/h4-9,11H,10H2,1-3H3,(H,18,20)/t11-/m1/s1. The first-order chi connectivity index (χ1) is 11.0. The van der Waals surface area contributed by atoms with E-state index in [1.807, 2.05) is 13.0 Å². The van der Waals surface area contributed by atoms with Gasteiger partial charge in [-0.1, -0.05) is 0 Å². The lowest BCUT2D eigenvalue weighted by molar-refractivity contribution is -0.122. The molecule has 0 bridgehead atoms. The van der Waals surface area contributed by atoms with Gasteiger partial charge in [-0.05, 0) is 25.1 Å². The van der Waals surface area contributed by atoms with Gasteiger partial charge < -0.3 is 14.8 Å². The third-order valence-corrected chi connectivity index (χ3v) is 3.38. The zero-order valence-corrected chi connectivity index (χ0v) is 13.3. The quantitative estimate of drug-likeness (QED) is 0.864. The Bertz CT molecular complexity index is 742. The van der Waals surface area contributed by atoms with E-state index in [0.29, 0.717) is 11.5 Å². The van der Waals surface area contributed by atoms with Crippen LogP contribution in [0.1, 0.15) is 18.5 Å². The van der Waals surface area contributed by atoms with E-state index in [2.05, 4.69) is 10.3 Å². The molecular formula is C16H19N3O4. The van der Waals surface area contributed by atoms with Gasteiger partial charge >= 0.3 is 5.69 Å². The molecule has 7 nitrogen and oxygen atoms in total. The topological polar surface area (TPSA) is 82.5 Å². The van der Waals surface area contributed by atoms with Crippen LogP contribution in [0, 0.1) is 0 Å². The van der Waals surface area contributed by atoms with Crippen molar-refractivity contribution in [3.63, 3.8) is 0 Å². The molecule has 23 heavy (non-hydrogen) atoms. The Balaban J connectivity index is 2.09. The summed E-state index contributed by atoms with van der Waals surface area (Å²) in [6.07, 6.45) is 2.91. The van der Waals surface area contributed by atoms with Gasteiger partial charge in [0.2, 0.25) is 5.91 Å². The SMILES string of the molecule is COc1ccc([C@@H](C)NC(=O)Cn2cccnc2=O)c(OC)c1. The molecule has 1 aromatic heterocycles. The van der Waals surface area contributed by atoms with E-state index in [-0.39, 0.29) is 18.5 Å². The Labute approximate surface area is 133 Å². The van der Waals surface area contributed by atoms with Gasteiger partial charge in [0.15, 0.2) is 0 Å². The molecule has 1 aromatic carbocycles. The van der Waals surface area contributed by atoms with Crippen molar-refractivity contribution in [1.29, 1.82) is 0 Å². The van der Waals surface area contributed by atoms with Gasteiger partial charge in [-0.3, -0.25) is 9.36 Å². The van der Waals surface area contributed by atoms with Crippen LogP contribution in [0.15, 0.2) is 41.5 Å². The third kappa shape index (κ3) is 4.09. The smallest absolute Gasteiger partial charge is 0.347 e. The minimum atomic E-state index is -0.461. The predicted molar refractivity (Wildman–Crippen MR) is 84.6 cm³/mol. The largest absolute Gasteiger partial charge is 0.497 e. The summed E-state index contributed by atoms with van der Waals surface area (Å²) in [6.45, 7) is 1.75. The number of carbonyl (C=O) groups is 1. The van der Waals surface area contributed by atoms with Crippen molar-refractivity contribution < 1.29 is 14.3 Å². The van der Waals surface area contributed by atoms with E-state index >= 15 is 0 Å². The van der Waals surface area contributed by atoms with Gasteiger partial charge in [0.05, 0.1) is 20.3 Å². The van der Waals surface area contributed by atoms with E-state index in [1.165, 1.54) is 17.0 Å². The molecule has 0 aliphatic rings. The first kappa shape index (κ1) is 16.5. The van der Waals surface area contributed by atoms with E-state index in [9.17, 15) is 9.59 Å². The first-order valence-electron chi connectivity index (χ1n) is 7.08. The maximum atomic E-state index is 12.1. The number of amides is 1. The monoisotopic (exact) mass is 317 g/mol. The van der Waals surface area contributed by atoms with E-state index < -0.39 is 5.69 Å². The van der Waals surface area contributed by atoms with Crippen molar-refractivity contribution in [2.24, 2.45) is 0 Å². The first-order valence-corrected chi connectivity index (χ1v) is 7.08. The molecule has 0 saturated carbocycles. The molecule has 1 amide bonds. The van der Waals surface area contributed by atoms with Gasteiger partial charge in [-0.15, -0.1) is 0 Å². The van der Waals surface area contributed by atoms with Crippen molar-refractivity contribution in [3.8, 4) is 11.5 Å². The van der Waals surface area contributed by atoms with Crippen LogP contribution in [-0.2, 0) is 11.3 Å². The van der Waals surface area contributed by atoms with Gasteiger partial charge in [0.1, 0.15) is 18.0 Å². The maximum absolute atomic E-state index is 12.1. The fourth-order valence-electron chi connectivity index (χ4n) is 2.20. The van der Waals surface area contributed by atoms with Crippen LogP contribution >= 0.6 is 0 Å². The minimum Gasteiger partial charge on any atom is -0.497 e. The normalized spacial score (nSPS) is 11.6. The Morgan fingerprint density at radius 1 is 1.35 bits per heavy atom. The van der Waals surface area contributed by atoms with Crippen molar-refractivity contribution in [3.05, 3.63) is 52.7 Å². The second-order valence-electron chi connectivity index (χ2n) is 4.93. The number of ether oxygens (including phenoxy) is 2. The molecule has 0 fully saturated rings. The molecular weight excluding hydrogens is 298 g/mol. The van der Waals surface area contributed by atoms with Gasteiger partial charge in [-0.25, -0.2) is 9.78 Å². The summed E-state index contributed by atoms with van der Waals surface area (Å²) in [5.74, 6) is 1.01. The summed E-state index contributed by atoms with van der Waals surface area (Å²) in [6, 6.07) is 6.70. The van der Waals surface area contributed by atoms with Crippen molar-refractivity contribution in [2.45, 2.75) is 19.5 Å². The highest BCUT2D eigenvalue weighted by Crippen LogP contribution is 2.29. The molecule has 1 heterocycles. The maximum Gasteiger partial charge on any atom is 0.347 e.